The van der Waals surface area contributed by atoms with Gasteiger partial charge in [0.15, 0.2) is 0 Å². The fraction of sp³-hybridized carbons (Fsp3) is 0.800. The third kappa shape index (κ3) is 1.49. The first kappa shape index (κ1) is 11.0. The molecule has 0 bridgehead atoms. The summed E-state index contributed by atoms with van der Waals surface area (Å²) in [6, 6.07) is -0.536. The Bertz CT molecular complexity index is 227. The number of carbonyl (C=O) groups is 2. The number of hydrogen-bond acceptors (Lipinski definition) is 2. The molecule has 1 rings (SSSR count). The molecule has 14 heavy (non-hydrogen) atoms. The van der Waals surface area contributed by atoms with Crippen molar-refractivity contribution in [2.75, 3.05) is 14.1 Å². The lowest BCUT2D eigenvalue weighted by Gasteiger charge is -2.41. The lowest BCUT2D eigenvalue weighted by Crippen LogP contribution is -2.61. The fourth-order valence-electron chi connectivity index (χ4n) is 2.01. The lowest BCUT2D eigenvalue weighted by atomic mass is 10.0. The molecule has 0 saturated carbocycles. The van der Waals surface area contributed by atoms with Crippen molar-refractivity contribution in [2.24, 2.45) is 0 Å². The van der Waals surface area contributed by atoms with Gasteiger partial charge in [0, 0.05) is 14.1 Å². The SMILES string of the molecule is CC[C@H]1C(=O)N(C)[C@@H](CC)C(=O)N1C. The van der Waals surface area contributed by atoms with Crippen LogP contribution in [0.5, 0.6) is 0 Å². The van der Waals surface area contributed by atoms with Crippen molar-refractivity contribution in [2.45, 2.75) is 38.8 Å². The van der Waals surface area contributed by atoms with Gasteiger partial charge < -0.3 is 9.80 Å². The van der Waals surface area contributed by atoms with E-state index in [-0.39, 0.29) is 23.9 Å². The highest BCUT2D eigenvalue weighted by molar-refractivity contribution is 5.96. The van der Waals surface area contributed by atoms with E-state index >= 15 is 0 Å². The van der Waals surface area contributed by atoms with Gasteiger partial charge in [-0.3, -0.25) is 9.59 Å². The maximum absolute atomic E-state index is 11.8. The van der Waals surface area contributed by atoms with Gasteiger partial charge in [0.1, 0.15) is 12.1 Å². The Morgan fingerprint density at radius 3 is 1.43 bits per heavy atom. The van der Waals surface area contributed by atoms with Crippen LogP contribution >= 0.6 is 0 Å². The predicted molar refractivity (Wildman–Crippen MR) is 53.7 cm³/mol. The zero-order chi connectivity index (χ0) is 10.9. The molecule has 0 spiro atoms. The summed E-state index contributed by atoms with van der Waals surface area (Å²) in [5.41, 5.74) is 0. The summed E-state index contributed by atoms with van der Waals surface area (Å²) in [7, 11) is 3.42. The highest BCUT2D eigenvalue weighted by atomic mass is 16.2. The van der Waals surface area contributed by atoms with Crippen LogP contribution in [0.15, 0.2) is 0 Å². The zero-order valence-electron chi connectivity index (χ0n) is 9.28. The van der Waals surface area contributed by atoms with Crippen molar-refractivity contribution in [3.05, 3.63) is 0 Å². The Hall–Kier alpha value is -1.06. The third-order valence-electron chi connectivity index (χ3n) is 2.97. The molecule has 0 aromatic carbocycles. The van der Waals surface area contributed by atoms with Crippen LogP contribution in [0.1, 0.15) is 26.7 Å². The molecule has 1 aliphatic heterocycles. The Balaban J connectivity index is 2.93. The molecule has 1 fully saturated rings. The summed E-state index contributed by atoms with van der Waals surface area (Å²) < 4.78 is 0. The largest absolute Gasteiger partial charge is 0.332 e. The minimum Gasteiger partial charge on any atom is -0.332 e. The summed E-state index contributed by atoms with van der Waals surface area (Å²) >= 11 is 0. The van der Waals surface area contributed by atoms with Gasteiger partial charge in [-0.05, 0) is 12.8 Å². The molecule has 0 aliphatic carbocycles. The molecule has 4 nitrogen and oxygen atoms in total. The van der Waals surface area contributed by atoms with E-state index in [2.05, 4.69) is 0 Å². The van der Waals surface area contributed by atoms with Gasteiger partial charge in [0.25, 0.3) is 0 Å². The minimum absolute atomic E-state index is 0.0569. The normalized spacial score (nSPS) is 28.6. The van der Waals surface area contributed by atoms with E-state index in [4.69, 9.17) is 0 Å². The van der Waals surface area contributed by atoms with Gasteiger partial charge in [0.2, 0.25) is 11.8 Å². The van der Waals surface area contributed by atoms with Crippen LogP contribution in [0.4, 0.5) is 0 Å². The number of likely N-dealkylation sites (N-methyl/N-ethyl adjacent to an activating group) is 2. The fourth-order valence-corrected chi connectivity index (χ4v) is 2.01. The Morgan fingerprint density at radius 1 is 0.929 bits per heavy atom. The molecule has 0 aromatic rings. The average Bonchev–Trinajstić information content (AvgIpc) is 2.17. The lowest BCUT2D eigenvalue weighted by molar-refractivity contribution is -0.158. The first-order chi connectivity index (χ1) is 6.54. The molecule has 2 atom stereocenters. The van der Waals surface area contributed by atoms with Crippen LogP contribution in [0.3, 0.4) is 0 Å². The van der Waals surface area contributed by atoms with Crippen LogP contribution in [-0.4, -0.2) is 47.8 Å². The van der Waals surface area contributed by atoms with Crippen molar-refractivity contribution in [1.29, 1.82) is 0 Å². The molecule has 2 amide bonds. The second-order valence-electron chi connectivity index (χ2n) is 3.75. The van der Waals surface area contributed by atoms with E-state index in [0.29, 0.717) is 12.8 Å². The Labute approximate surface area is 84.9 Å². The molecular weight excluding hydrogens is 180 g/mol. The highest BCUT2D eigenvalue weighted by Crippen LogP contribution is 2.18. The molecule has 0 aromatic heterocycles. The quantitative estimate of drug-likeness (QED) is 0.647. The molecule has 0 radical (unpaired) electrons. The van der Waals surface area contributed by atoms with Crippen LogP contribution in [0, 0.1) is 0 Å². The van der Waals surface area contributed by atoms with Crippen LogP contribution in [0.25, 0.3) is 0 Å². The maximum Gasteiger partial charge on any atom is 0.245 e. The van der Waals surface area contributed by atoms with Gasteiger partial charge >= 0.3 is 0 Å². The van der Waals surface area contributed by atoms with Gasteiger partial charge in [-0.15, -0.1) is 0 Å². The molecular formula is C10H18N2O2. The summed E-state index contributed by atoms with van der Waals surface area (Å²) in [6.45, 7) is 3.85. The summed E-state index contributed by atoms with van der Waals surface area (Å²) in [4.78, 5) is 26.8. The van der Waals surface area contributed by atoms with Gasteiger partial charge in [-0.25, -0.2) is 0 Å². The van der Waals surface area contributed by atoms with Crippen molar-refractivity contribution in [3.8, 4) is 0 Å². The summed E-state index contributed by atoms with van der Waals surface area (Å²) in [5.74, 6) is 0.114. The summed E-state index contributed by atoms with van der Waals surface area (Å²) in [5, 5.41) is 0. The number of piperazine rings is 1. The van der Waals surface area contributed by atoms with E-state index in [1.54, 1.807) is 23.9 Å². The van der Waals surface area contributed by atoms with Gasteiger partial charge in [0.05, 0.1) is 0 Å². The molecule has 1 aliphatic rings. The van der Waals surface area contributed by atoms with Crippen molar-refractivity contribution < 1.29 is 9.59 Å². The zero-order valence-corrected chi connectivity index (χ0v) is 9.28. The summed E-state index contributed by atoms with van der Waals surface area (Å²) in [6.07, 6.45) is 1.36. The highest BCUT2D eigenvalue weighted by Gasteiger charge is 2.40. The monoisotopic (exact) mass is 198 g/mol. The average molecular weight is 198 g/mol. The molecule has 0 unspecified atom stereocenters. The van der Waals surface area contributed by atoms with E-state index in [1.165, 1.54) is 0 Å². The molecule has 80 valence electrons. The number of nitrogens with zero attached hydrogens (tertiary/aromatic N) is 2. The first-order valence-corrected chi connectivity index (χ1v) is 5.07. The van der Waals surface area contributed by atoms with E-state index in [0.717, 1.165) is 0 Å². The Kier molecular flexibility index (Phi) is 3.13. The predicted octanol–water partition coefficient (Wildman–Crippen LogP) is 0.474. The van der Waals surface area contributed by atoms with E-state index in [1.807, 2.05) is 13.8 Å². The topological polar surface area (TPSA) is 40.6 Å². The second kappa shape index (κ2) is 3.98. The van der Waals surface area contributed by atoms with Crippen molar-refractivity contribution in [1.82, 2.24) is 9.80 Å². The third-order valence-corrected chi connectivity index (χ3v) is 2.97. The van der Waals surface area contributed by atoms with Crippen LogP contribution in [0.2, 0.25) is 0 Å². The maximum atomic E-state index is 11.8. The van der Waals surface area contributed by atoms with Crippen molar-refractivity contribution >= 4 is 11.8 Å². The Morgan fingerprint density at radius 2 is 1.21 bits per heavy atom. The van der Waals surface area contributed by atoms with Crippen LogP contribution < -0.4 is 0 Å². The number of carbonyl (C=O) groups excluding carboxylic acids is 2. The number of hydrogen-bond donors (Lipinski definition) is 0. The van der Waals surface area contributed by atoms with Crippen LogP contribution in [-0.2, 0) is 9.59 Å². The second-order valence-corrected chi connectivity index (χ2v) is 3.75. The number of amides is 2. The first-order valence-electron chi connectivity index (χ1n) is 5.07. The molecule has 1 saturated heterocycles. The smallest absolute Gasteiger partial charge is 0.245 e. The molecule has 1 heterocycles. The minimum atomic E-state index is -0.268. The molecule has 0 N–H and O–H groups in total. The molecule has 4 heteroatoms. The van der Waals surface area contributed by atoms with Gasteiger partial charge in [-0.2, -0.15) is 0 Å². The standard InChI is InChI=1S/C10H18N2O2/c1-5-7-9(13)12(4)8(6-2)10(14)11(7)3/h7-8H,5-6H2,1-4H3/t7-,8-/m0/s1. The number of rotatable bonds is 2. The van der Waals surface area contributed by atoms with E-state index < -0.39 is 0 Å². The van der Waals surface area contributed by atoms with Crippen molar-refractivity contribution in [3.63, 3.8) is 0 Å². The van der Waals surface area contributed by atoms with E-state index in [9.17, 15) is 9.59 Å². The van der Waals surface area contributed by atoms with Gasteiger partial charge in [-0.1, -0.05) is 13.8 Å².